The number of hydrogen-bond acceptors (Lipinski definition) is 15. The molecule has 0 aromatic carbocycles. The molecule has 8 atom stereocenters. The maximum absolute atomic E-state index is 13.1. The second-order valence-electron chi connectivity index (χ2n) is 32.1. The molecule has 0 bridgehead atoms. The van der Waals surface area contributed by atoms with Crippen LogP contribution in [-0.4, -0.2) is 96.7 Å². The molecule has 0 amide bonds. The van der Waals surface area contributed by atoms with Crippen molar-refractivity contribution in [2.75, 3.05) is 39.6 Å². The number of unbranched alkanes of at least 4 members (excludes halogenated alkanes) is 46. The van der Waals surface area contributed by atoms with E-state index in [0.29, 0.717) is 25.7 Å². The number of phosphoric acid groups is 2. The summed E-state index contributed by atoms with van der Waals surface area (Å²) in [7, 11) is -9.93. The van der Waals surface area contributed by atoms with Gasteiger partial charge in [-0.1, -0.05) is 396 Å². The fraction of sp³-hybridized carbons (Fsp3) is 0.953. The lowest BCUT2D eigenvalue weighted by molar-refractivity contribution is -0.161. The number of esters is 4. The highest BCUT2D eigenvalue weighted by Crippen LogP contribution is 2.45. The van der Waals surface area contributed by atoms with Crippen LogP contribution in [0.2, 0.25) is 0 Å². The first-order valence-corrected chi connectivity index (χ1v) is 47.3. The fourth-order valence-electron chi connectivity index (χ4n) is 13.2. The summed E-state index contributed by atoms with van der Waals surface area (Å²) >= 11 is 0. The predicted octanol–water partition coefficient (Wildman–Crippen LogP) is 25.9. The number of carbonyl (C=O) groups is 4. The summed E-state index contributed by atoms with van der Waals surface area (Å²) in [5.74, 6) is 1.09. The Morgan fingerprint density at radius 1 is 0.267 bits per heavy atom. The van der Waals surface area contributed by atoms with Gasteiger partial charge in [-0.25, -0.2) is 9.13 Å². The Balaban J connectivity index is 5.17. The van der Waals surface area contributed by atoms with Crippen molar-refractivity contribution in [1.82, 2.24) is 0 Å². The molecule has 3 N–H and O–H groups in total. The van der Waals surface area contributed by atoms with Crippen molar-refractivity contribution in [2.24, 2.45) is 23.7 Å². The Labute approximate surface area is 645 Å². The number of hydrogen-bond donors (Lipinski definition) is 3. The lowest BCUT2D eigenvalue weighted by Gasteiger charge is -2.21. The maximum Gasteiger partial charge on any atom is 0.472 e. The number of ether oxygens (including phenoxy) is 4. The molecule has 0 aromatic heterocycles. The molecule has 5 unspecified atom stereocenters. The van der Waals surface area contributed by atoms with E-state index in [9.17, 15) is 43.2 Å². The van der Waals surface area contributed by atoms with Crippen LogP contribution in [0.3, 0.4) is 0 Å². The Morgan fingerprint density at radius 3 is 0.676 bits per heavy atom. The summed E-state index contributed by atoms with van der Waals surface area (Å²) in [6.45, 7) is 14.3. The molecule has 105 heavy (non-hydrogen) atoms. The first-order chi connectivity index (χ1) is 50.7. The van der Waals surface area contributed by atoms with Crippen molar-refractivity contribution in [3.63, 3.8) is 0 Å². The quantitative estimate of drug-likeness (QED) is 0.0222. The molecule has 0 aliphatic rings. The van der Waals surface area contributed by atoms with Crippen LogP contribution in [0.25, 0.3) is 0 Å². The third-order valence-electron chi connectivity index (χ3n) is 21.2. The zero-order valence-electron chi connectivity index (χ0n) is 69.4. The minimum absolute atomic E-state index is 0.107. The highest BCUT2D eigenvalue weighted by molar-refractivity contribution is 7.47. The summed E-state index contributed by atoms with van der Waals surface area (Å²) in [4.78, 5) is 73.2. The average molecular weight is 1540 g/mol. The number of phosphoric ester groups is 2. The molecule has 19 heteroatoms. The van der Waals surface area contributed by atoms with Gasteiger partial charge in [0.1, 0.15) is 19.3 Å². The predicted molar refractivity (Wildman–Crippen MR) is 432 cm³/mol. The summed E-state index contributed by atoms with van der Waals surface area (Å²) in [5.41, 5.74) is 0. The van der Waals surface area contributed by atoms with Crippen molar-refractivity contribution >= 4 is 39.5 Å². The SMILES string of the molecule is CCC(C)CCCCCCCCCCCCCCCCCCCCC(=O)O[C@H](COC(=O)CCCCCCCCC(C)CC)COP(=O)(O)OC[C@H](O)COP(=O)(O)OC[C@@H](COC(=O)CCCCCCCCCCC(C)CC)OC(=O)CCCCCCCCCCCCCCCCCCCCC(C)C. The third-order valence-corrected chi connectivity index (χ3v) is 23.1. The molecule has 0 aliphatic carbocycles. The first kappa shape index (κ1) is 103. The van der Waals surface area contributed by atoms with Gasteiger partial charge in [0.2, 0.25) is 0 Å². The normalized spacial score (nSPS) is 14.7. The third kappa shape index (κ3) is 75.9. The van der Waals surface area contributed by atoms with Crippen molar-refractivity contribution in [3.05, 3.63) is 0 Å². The number of carbonyl (C=O) groups excluding carboxylic acids is 4. The van der Waals surface area contributed by atoms with E-state index in [1.807, 2.05) is 0 Å². The number of rotatable bonds is 83. The molecule has 0 aromatic rings. The largest absolute Gasteiger partial charge is 0.472 e. The molecule has 0 saturated heterocycles. The molecule has 0 radical (unpaired) electrons. The molecule has 0 heterocycles. The lowest BCUT2D eigenvalue weighted by atomic mass is 9.99. The monoisotopic (exact) mass is 1540 g/mol. The van der Waals surface area contributed by atoms with Gasteiger partial charge in [0.05, 0.1) is 26.4 Å². The van der Waals surface area contributed by atoms with E-state index in [0.717, 1.165) is 120 Å². The van der Waals surface area contributed by atoms with Gasteiger partial charge in [-0.2, -0.15) is 0 Å². The molecular formula is C86H168O17P2. The van der Waals surface area contributed by atoms with Gasteiger partial charge >= 0.3 is 39.5 Å². The highest BCUT2D eigenvalue weighted by atomic mass is 31.2. The van der Waals surface area contributed by atoms with Gasteiger partial charge in [-0.05, 0) is 49.4 Å². The van der Waals surface area contributed by atoms with E-state index in [2.05, 4.69) is 55.4 Å². The minimum Gasteiger partial charge on any atom is -0.462 e. The van der Waals surface area contributed by atoms with E-state index in [-0.39, 0.29) is 25.7 Å². The van der Waals surface area contributed by atoms with Crippen LogP contribution in [-0.2, 0) is 65.4 Å². The van der Waals surface area contributed by atoms with Crippen molar-refractivity contribution < 1.29 is 80.2 Å². The molecule has 0 saturated carbocycles. The molecule has 17 nitrogen and oxygen atoms in total. The number of aliphatic hydroxyl groups excluding tert-OH is 1. The van der Waals surface area contributed by atoms with Gasteiger partial charge in [0, 0.05) is 25.7 Å². The van der Waals surface area contributed by atoms with Crippen LogP contribution in [0, 0.1) is 23.7 Å². The molecule has 0 rings (SSSR count). The van der Waals surface area contributed by atoms with Crippen LogP contribution in [0.15, 0.2) is 0 Å². The van der Waals surface area contributed by atoms with Crippen LogP contribution in [0.4, 0.5) is 0 Å². The Bertz CT molecular complexity index is 2050. The molecule has 0 fully saturated rings. The van der Waals surface area contributed by atoms with E-state index in [1.165, 1.54) is 244 Å². The second-order valence-corrected chi connectivity index (χ2v) is 35.0. The summed E-state index contributed by atoms with van der Waals surface area (Å²) in [5, 5.41) is 10.7. The topological polar surface area (TPSA) is 237 Å². The smallest absolute Gasteiger partial charge is 0.462 e. The zero-order chi connectivity index (χ0) is 77.4. The van der Waals surface area contributed by atoms with Gasteiger partial charge < -0.3 is 33.8 Å². The van der Waals surface area contributed by atoms with E-state index in [1.54, 1.807) is 0 Å². The highest BCUT2D eigenvalue weighted by Gasteiger charge is 2.31. The van der Waals surface area contributed by atoms with Gasteiger partial charge in [-0.15, -0.1) is 0 Å². The Kier molecular flexibility index (Phi) is 73.4. The summed E-state index contributed by atoms with van der Waals surface area (Å²) in [6.07, 6.45) is 64.0. The van der Waals surface area contributed by atoms with Crippen LogP contribution < -0.4 is 0 Å². The standard InChI is InChI=1S/C86H168O17P2/c1-9-77(6)63-55-47-39-33-29-25-21-17-13-15-19-23-27-31-35-43-53-61-69-86(91)103-82(73-97-84(89)67-59-51-45-44-49-57-65-79(8)11-3)75-101-105(94,95)99-71-80(87)70-98-104(92,93)100-74-81(72-96-83(88)66-58-50-41-37-36-40-48-56-64-78(7)10-2)102-85(90)68-60-52-42-34-30-26-22-18-14-12-16-20-24-28-32-38-46-54-62-76(4)5/h76-82,87H,9-75H2,1-8H3,(H,92,93)(H,94,95)/t77?,78?,79?,80-,81-,82-/m1/s1. The van der Waals surface area contributed by atoms with Crippen LogP contribution in [0.5, 0.6) is 0 Å². The molecular weight excluding hydrogens is 1370 g/mol. The average Bonchev–Trinajstić information content (AvgIpc) is 0.915. The first-order valence-electron chi connectivity index (χ1n) is 44.3. The van der Waals surface area contributed by atoms with Crippen molar-refractivity contribution in [2.45, 2.75) is 465 Å². The molecule has 0 aliphatic heterocycles. The van der Waals surface area contributed by atoms with E-state index in [4.69, 9.17) is 37.0 Å². The molecule has 0 spiro atoms. The molecule has 624 valence electrons. The zero-order valence-corrected chi connectivity index (χ0v) is 71.2. The van der Waals surface area contributed by atoms with E-state index < -0.39 is 97.5 Å². The fourth-order valence-corrected chi connectivity index (χ4v) is 14.8. The number of aliphatic hydroxyl groups is 1. The summed E-state index contributed by atoms with van der Waals surface area (Å²) < 4.78 is 68.8. The van der Waals surface area contributed by atoms with Crippen molar-refractivity contribution in [3.8, 4) is 0 Å². The van der Waals surface area contributed by atoms with Gasteiger partial charge in [0.15, 0.2) is 12.2 Å². The van der Waals surface area contributed by atoms with Crippen molar-refractivity contribution in [1.29, 1.82) is 0 Å². The van der Waals surface area contributed by atoms with E-state index >= 15 is 0 Å². The minimum atomic E-state index is -4.96. The van der Waals surface area contributed by atoms with Gasteiger partial charge in [0.25, 0.3) is 0 Å². The summed E-state index contributed by atoms with van der Waals surface area (Å²) in [6, 6.07) is 0. The Morgan fingerprint density at radius 2 is 0.457 bits per heavy atom. The Hall–Kier alpha value is -1.94. The second kappa shape index (κ2) is 74.8. The maximum atomic E-state index is 13.1. The lowest BCUT2D eigenvalue weighted by Crippen LogP contribution is -2.30. The van der Waals surface area contributed by atoms with Gasteiger partial charge in [-0.3, -0.25) is 37.3 Å². The van der Waals surface area contributed by atoms with Crippen LogP contribution >= 0.6 is 15.6 Å². The van der Waals surface area contributed by atoms with Crippen LogP contribution in [0.1, 0.15) is 447 Å².